The molecule has 0 aliphatic carbocycles. The first kappa shape index (κ1) is 26.7. The van der Waals surface area contributed by atoms with Gasteiger partial charge in [0.2, 0.25) is 0 Å². The molecule has 0 rings (SSSR count). The normalized spacial score (nSPS) is 11.9. The zero-order valence-electron chi connectivity index (χ0n) is 19.0. The molecular weight excluding hydrogens is 354 g/mol. The number of esters is 1. The predicted octanol–water partition coefficient (Wildman–Crippen LogP) is 6.49. The summed E-state index contributed by atoms with van der Waals surface area (Å²) in [6, 6.07) is -0.619. The topological polar surface area (TPSA) is 55.8 Å². The van der Waals surface area contributed by atoms with Crippen molar-refractivity contribution in [2.45, 2.75) is 117 Å². The van der Waals surface area contributed by atoms with Gasteiger partial charge in [-0.15, -0.1) is 0 Å². The number of ether oxygens (including phenoxy) is 2. The molecule has 0 aliphatic rings. The van der Waals surface area contributed by atoms with Crippen LogP contribution in [-0.4, -0.2) is 43.3 Å². The first-order valence-corrected chi connectivity index (χ1v) is 11.6. The Labute approximate surface area is 173 Å². The summed E-state index contributed by atoms with van der Waals surface area (Å²) < 4.78 is 10.6. The highest BCUT2D eigenvalue weighted by Gasteiger charge is 2.24. The minimum absolute atomic E-state index is 0.361. The second-order valence-corrected chi connectivity index (χ2v) is 7.81. The lowest BCUT2D eigenvalue weighted by Crippen LogP contribution is -2.41. The molecule has 0 aromatic rings. The van der Waals surface area contributed by atoms with Crippen LogP contribution in [0.5, 0.6) is 0 Å². The molecular formula is C23H45NO4. The number of likely N-dealkylation sites (N-methyl/N-ethyl adjacent to an activating group) is 1. The van der Waals surface area contributed by atoms with E-state index in [1.54, 1.807) is 14.0 Å². The van der Waals surface area contributed by atoms with Crippen LogP contribution in [0, 0.1) is 0 Å². The largest absolute Gasteiger partial charge is 0.464 e. The molecule has 0 bridgehead atoms. The van der Waals surface area contributed by atoms with E-state index in [9.17, 15) is 9.59 Å². The predicted molar refractivity (Wildman–Crippen MR) is 116 cm³/mol. The van der Waals surface area contributed by atoms with Crippen molar-refractivity contribution in [3.63, 3.8) is 0 Å². The third kappa shape index (κ3) is 14.8. The standard InChI is InChI=1S/C23H45NO4/c1-5-7-9-11-13-14-16-18-20-28-23(26)24(4)21(3)22(25)27-19-17-15-12-10-8-6-2/h21H,5-20H2,1-4H3. The van der Waals surface area contributed by atoms with Gasteiger partial charge in [-0.3, -0.25) is 4.90 Å². The van der Waals surface area contributed by atoms with Crippen LogP contribution in [0.4, 0.5) is 4.79 Å². The Kier molecular flexibility index (Phi) is 18.2. The summed E-state index contributed by atoms with van der Waals surface area (Å²) in [5, 5.41) is 0. The van der Waals surface area contributed by atoms with Gasteiger partial charge >= 0.3 is 12.1 Å². The molecule has 1 amide bonds. The van der Waals surface area contributed by atoms with E-state index >= 15 is 0 Å². The van der Waals surface area contributed by atoms with Gasteiger partial charge < -0.3 is 9.47 Å². The van der Waals surface area contributed by atoms with Crippen LogP contribution < -0.4 is 0 Å². The van der Waals surface area contributed by atoms with Gasteiger partial charge in [-0.2, -0.15) is 0 Å². The number of hydrogen-bond donors (Lipinski definition) is 0. The van der Waals surface area contributed by atoms with Crippen molar-refractivity contribution in [1.29, 1.82) is 0 Å². The van der Waals surface area contributed by atoms with Crippen molar-refractivity contribution < 1.29 is 19.1 Å². The molecule has 1 unspecified atom stereocenters. The average Bonchev–Trinajstić information content (AvgIpc) is 2.70. The third-order valence-electron chi connectivity index (χ3n) is 5.18. The second kappa shape index (κ2) is 19.1. The molecule has 0 spiro atoms. The molecule has 5 nitrogen and oxygen atoms in total. The van der Waals surface area contributed by atoms with Gasteiger partial charge in [0.15, 0.2) is 0 Å². The summed E-state index contributed by atoms with van der Waals surface area (Å²) in [7, 11) is 1.59. The molecule has 0 aromatic heterocycles. The number of carbonyl (C=O) groups excluding carboxylic acids is 2. The van der Waals surface area contributed by atoms with Crippen molar-refractivity contribution in [1.82, 2.24) is 4.90 Å². The fraction of sp³-hybridized carbons (Fsp3) is 0.913. The van der Waals surface area contributed by atoms with Gasteiger partial charge in [0.1, 0.15) is 6.04 Å². The summed E-state index contributed by atoms with van der Waals surface area (Å²) >= 11 is 0. The minimum atomic E-state index is -0.619. The van der Waals surface area contributed by atoms with Crippen molar-refractivity contribution in [2.75, 3.05) is 20.3 Å². The van der Waals surface area contributed by atoms with E-state index < -0.39 is 12.1 Å². The van der Waals surface area contributed by atoms with Gasteiger partial charge in [-0.05, 0) is 19.8 Å². The average molecular weight is 400 g/mol. The monoisotopic (exact) mass is 399 g/mol. The van der Waals surface area contributed by atoms with Gasteiger partial charge in [0, 0.05) is 7.05 Å². The quantitative estimate of drug-likeness (QED) is 0.195. The Morgan fingerprint density at radius 1 is 0.679 bits per heavy atom. The van der Waals surface area contributed by atoms with E-state index in [-0.39, 0.29) is 5.97 Å². The lowest BCUT2D eigenvalue weighted by molar-refractivity contribution is -0.148. The lowest BCUT2D eigenvalue weighted by atomic mass is 10.1. The fourth-order valence-corrected chi connectivity index (χ4v) is 2.99. The Morgan fingerprint density at radius 2 is 1.07 bits per heavy atom. The highest BCUT2D eigenvalue weighted by atomic mass is 16.6. The molecule has 0 saturated carbocycles. The van der Waals surface area contributed by atoms with E-state index in [4.69, 9.17) is 9.47 Å². The fourth-order valence-electron chi connectivity index (χ4n) is 2.99. The number of rotatable bonds is 18. The maximum atomic E-state index is 12.1. The van der Waals surface area contributed by atoms with E-state index in [1.807, 2.05) is 0 Å². The Balaban J connectivity index is 3.72. The number of nitrogens with zero attached hydrogens (tertiary/aromatic N) is 1. The molecule has 166 valence electrons. The summed E-state index contributed by atoms with van der Waals surface area (Å²) in [5.41, 5.74) is 0. The zero-order valence-corrected chi connectivity index (χ0v) is 19.0. The van der Waals surface area contributed by atoms with Crippen LogP contribution in [0.15, 0.2) is 0 Å². The molecule has 0 fully saturated rings. The van der Waals surface area contributed by atoms with Gasteiger partial charge in [-0.25, -0.2) is 9.59 Å². The summed E-state index contributed by atoms with van der Waals surface area (Å²) in [4.78, 5) is 25.5. The summed E-state index contributed by atoms with van der Waals surface area (Å²) in [5.74, 6) is -0.361. The highest BCUT2D eigenvalue weighted by Crippen LogP contribution is 2.09. The molecule has 0 aromatic carbocycles. The number of hydrogen-bond acceptors (Lipinski definition) is 4. The molecule has 0 N–H and O–H groups in total. The second-order valence-electron chi connectivity index (χ2n) is 7.81. The van der Waals surface area contributed by atoms with Crippen LogP contribution in [0.3, 0.4) is 0 Å². The van der Waals surface area contributed by atoms with Crippen molar-refractivity contribution in [2.24, 2.45) is 0 Å². The number of carbonyl (C=O) groups is 2. The van der Waals surface area contributed by atoms with E-state index in [0.29, 0.717) is 13.2 Å². The van der Waals surface area contributed by atoms with Crippen molar-refractivity contribution in [3.05, 3.63) is 0 Å². The van der Waals surface area contributed by atoms with Gasteiger partial charge in [0.05, 0.1) is 13.2 Å². The van der Waals surface area contributed by atoms with Crippen LogP contribution in [0.2, 0.25) is 0 Å². The molecule has 1 atom stereocenters. The number of amides is 1. The Morgan fingerprint density at radius 3 is 1.54 bits per heavy atom. The third-order valence-corrected chi connectivity index (χ3v) is 5.18. The Bertz CT molecular complexity index is 387. The van der Waals surface area contributed by atoms with Crippen LogP contribution in [-0.2, 0) is 14.3 Å². The lowest BCUT2D eigenvalue weighted by Gasteiger charge is -2.22. The molecule has 5 heteroatoms. The minimum Gasteiger partial charge on any atom is -0.464 e. The molecule has 0 heterocycles. The van der Waals surface area contributed by atoms with Crippen LogP contribution in [0.25, 0.3) is 0 Å². The SMILES string of the molecule is CCCCCCCCCCOC(=O)N(C)C(C)C(=O)OCCCCCCCC. The van der Waals surface area contributed by atoms with E-state index in [1.165, 1.54) is 69.1 Å². The first-order valence-electron chi connectivity index (χ1n) is 11.6. The van der Waals surface area contributed by atoms with Crippen LogP contribution in [0.1, 0.15) is 111 Å². The summed E-state index contributed by atoms with van der Waals surface area (Å²) in [6.45, 7) is 6.94. The summed E-state index contributed by atoms with van der Waals surface area (Å²) in [6.07, 6.45) is 16.1. The van der Waals surface area contributed by atoms with Crippen molar-refractivity contribution in [3.8, 4) is 0 Å². The molecule has 0 saturated heterocycles. The zero-order chi connectivity index (χ0) is 21.0. The molecule has 0 radical (unpaired) electrons. The first-order chi connectivity index (χ1) is 13.5. The Hall–Kier alpha value is -1.26. The maximum absolute atomic E-state index is 12.1. The molecule has 28 heavy (non-hydrogen) atoms. The van der Waals surface area contributed by atoms with E-state index in [0.717, 1.165) is 25.7 Å². The van der Waals surface area contributed by atoms with Crippen LogP contribution >= 0.6 is 0 Å². The molecule has 0 aliphatic heterocycles. The van der Waals surface area contributed by atoms with E-state index in [2.05, 4.69) is 13.8 Å². The smallest absolute Gasteiger partial charge is 0.410 e. The van der Waals surface area contributed by atoms with Gasteiger partial charge in [-0.1, -0.05) is 90.9 Å². The maximum Gasteiger partial charge on any atom is 0.410 e. The number of unbranched alkanes of at least 4 members (excludes halogenated alkanes) is 12. The van der Waals surface area contributed by atoms with Gasteiger partial charge in [0.25, 0.3) is 0 Å². The highest BCUT2D eigenvalue weighted by molar-refractivity contribution is 5.80. The van der Waals surface area contributed by atoms with Crippen molar-refractivity contribution >= 4 is 12.1 Å².